The molecule has 2 heterocycles. The molecule has 0 fully saturated rings. The van der Waals surface area contributed by atoms with Crippen molar-refractivity contribution in [3.63, 3.8) is 0 Å². The molecule has 0 aliphatic rings. The summed E-state index contributed by atoms with van der Waals surface area (Å²) in [4.78, 5) is 17.2. The van der Waals surface area contributed by atoms with Gasteiger partial charge in [-0.3, -0.25) is 15.2 Å². The molecule has 8 heteroatoms. The number of carbonyl (C=O) groups is 1. The van der Waals surface area contributed by atoms with Crippen LogP contribution in [0.5, 0.6) is 5.75 Å². The monoisotopic (exact) mass is 388 g/mol. The van der Waals surface area contributed by atoms with E-state index in [0.29, 0.717) is 23.6 Å². The molecule has 0 saturated heterocycles. The van der Waals surface area contributed by atoms with Crippen molar-refractivity contribution in [2.75, 3.05) is 12.4 Å². The van der Waals surface area contributed by atoms with Gasteiger partial charge in [0.1, 0.15) is 5.75 Å². The predicted octanol–water partition coefficient (Wildman–Crippen LogP) is 3.48. The maximum absolute atomic E-state index is 12.8. The molecule has 0 aliphatic heterocycles. The van der Waals surface area contributed by atoms with E-state index in [1.165, 1.54) is 0 Å². The van der Waals surface area contributed by atoms with E-state index in [0.717, 1.165) is 16.9 Å². The first kappa shape index (κ1) is 18.4. The molecule has 29 heavy (non-hydrogen) atoms. The minimum Gasteiger partial charge on any atom is -0.496 e. The molecule has 146 valence electrons. The molecule has 2 aromatic carbocycles. The van der Waals surface area contributed by atoms with Crippen molar-refractivity contribution < 1.29 is 9.53 Å². The number of hydrogen-bond donors (Lipinski definition) is 2. The molecule has 2 N–H and O–H groups in total. The molecule has 0 spiro atoms. The third-order valence-corrected chi connectivity index (χ3v) is 4.52. The molecule has 0 radical (unpaired) electrons. The Morgan fingerprint density at radius 2 is 1.90 bits per heavy atom. The van der Waals surface area contributed by atoms with Gasteiger partial charge in [0.25, 0.3) is 5.91 Å². The lowest BCUT2D eigenvalue weighted by molar-refractivity contribution is 0.102. The lowest BCUT2D eigenvalue weighted by Gasteiger charge is -2.07. The molecule has 8 nitrogen and oxygen atoms in total. The largest absolute Gasteiger partial charge is 0.496 e. The van der Waals surface area contributed by atoms with Gasteiger partial charge < -0.3 is 4.74 Å². The molecule has 4 aromatic rings. The average molecular weight is 388 g/mol. The Kier molecular flexibility index (Phi) is 5.07. The quantitative estimate of drug-likeness (QED) is 0.527. The van der Waals surface area contributed by atoms with Crippen LogP contribution in [0.15, 0.2) is 60.8 Å². The van der Waals surface area contributed by atoms with E-state index in [-0.39, 0.29) is 11.9 Å². The molecule has 0 atom stereocenters. The van der Waals surface area contributed by atoms with Crippen molar-refractivity contribution in [1.82, 2.24) is 25.0 Å². The highest BCUT2D eigenvalue weighted by atomic mass is 16.5. The Hall–Kier alpha value is -3.94. The second-order valence-corrected chi connectivity index (χ2v) is 6.27. The SMILES string of the molecule is CCc1c(C(=O)Nc2n[nH]c(-c3ccccc3OC)n2)cnn1-c1ccccc1. The summed E-state index contributed by atoms with van der Waals surface area (Å²) < 4.78 is 7.12. The second-order valence-electron chi connectivity index (χ2n) is 6.27. The van der Waals surface area contributed by atoms with E-state index >= 15 is 0 Å². The first-order chi connectivity index (χ1) is 14.2. The van der Waals surface area contributed by atoms with Gasteiger partial charge in [0.05, 0.1) is 35.8 Å². The summed E-state index contributed by atoms with van der Waals surface area (Å²) in [6.07, 6.45) is 2.22. The number of amides is 1. The zero-order valence-electron chi connectivity index (χ0n) is 16.1. The van der Waals surface area contributed by atoms with Crippen molar-refractivity contribution in [3.05, 3.63) is 72.1 Å². The number of aromatic nitrogens is 5. The average Bonchev–Trinajstić information content (AvgIpc) is 3.41. The fraction of sp³-hybridized carbons (Fsp3) is 0.143. The number of aromatic amines is 1. The van der Waals surface area contributed by atoms with Crippen molar-refractivity contribution >= 4 is 11.9 Å². The summed E-state index contributed by atoms with van der Waals surface area (Å²) in [5, 5.41) is 14.1. The minimum atomic E-state index is -0.311. The van der Waals surface area contributed by atoms with Crippen LogP contribution in [0.25, 0.3) is 17.1 Å². The van der Waals surface area contributed by atoms with E-state index in [2.05, 4.69) is 25.6 Å². The topological polar surface area (TPSA) is 97.7 Å². The van der Waals surface area contributed by atoms with E-state index in [1.54, 1.807) is 18.0 Å². The predicted molar refractivity (Wildman–Crippen MR) is 109 cm³/mol. The smallest absolute Gasteiger partial charge is 0.261 e. The van der Waals surface area contributed by atoms with Gasteiger partial charge in [-0.25, -0.2) is 4.68 Å². The van der Waals surface area contributed by atoms with Gasteiger partial charge in [-0.1, -0.05) is 37.3 Å². The number of nitrogens with one attached hydrogen (secondary N) is 2. The number of para-hydroxylation sites is 2. The number of H-pyrrole nitrogens is 1. The Morgan fingerprint density at radius 1 is 1.14 bits per heavy atom. The number of hydrogen-bond acceptors (Lipinski definition) is 5. The van der Waals surface area contributed by atoms with Crippen LogP contribution in [0.2, 0.25) is 0 Å². The molecular weight excluding hydrogens is 368 g/mol. The van der Waals surface area contributed by atoms with Crippen LogP contribution in [-0.4, -0.2) is 38.0 Å². The number of anilines is 1. The first-order valence-corrected chi connectivity index (χ1v) is 9.20. The van der Waals surface area contributed by atoms with Gasteiger partial charge in [-0.2, -0.15) is 10.1 Å². The highest BCUT2D eigenvalue weighted by molar-refractivity contribution is 6.04. The highest BCUT2D eigenvalue weighted by Crippen LogP contribution is 2.27. The zero-order valence-corrected chi connectivity index (χ0v) is 16.1. The van der Waals surface area contributed by atoms with Crippen LogP contribution in [-0.2, 0) is 6.42 Å². The number of rotatable bonds is 6. The molecule has 4 rings (SSSR count). The van der Waals surface area contributed by atoms with Crippen molar-refractivity contribution in [2.24, 2.45) is 0 Å². The fourth-order valence-corrected chi connectivity index (χ4v) is 3.14. The molecule has 2 aromatic heterocycles. The normalized spacial score (nSPS) is 10.7. The third kappa shape index (κ3) is 3.60. The maximum Gasteiger partial charge on any atom is 0.261 e. The standard InChI is InChI=1S/C21H20N6O2/c1-3-17-16(13-22-27(17)14-9-5-4-6-10-14)20(28)24-21-23-19(25-26-21)15-11-7-8-12-18(15)29-2/h4-13H,3H2,1-2H3,(H2,23,24,25,26,28). The Balaban J connectivity index is 1.58. The number of ether oxygens (including phenoxy) is 1. The van der Waals surface area contributed by atoms with Gasteiger partial charge in [0.15, 0.2) is 5.82 Å². The van der Waals surface area contributed by atoms with Crippen molar-refractivity contribution in [1.29, 1.82) is 0 Å². The molecule has 0 bridgehead atoms. The van der Waals surface area contributed by atoms with Gasteiger partial charge in [0.2, 0.25) is 5.95 Å². The summed E-state index contributed by atoms with van der Waals surface area (Å²) in [6.45, 7) is 1.99. The molecule has 1 amide bonds. The van der Waals surface area contributed by atoms with Crippen LogP contribution < -0.4 is 10.1 Å². The van der Waals surface area contributed by atoms with E-state index in [9.17, 15) is 4.79 Å². The highest BCUT2D eigenvalue weighted by Gasteiger charge is 2.19. The van der Waals surface area contributed by atoms with Crippen LogP contribution in [0.4, 0.5) is 5.95 Å². The number of carbonyl (C=O) groups excluding carboxylic acids is 1. The van der Waals surface area contributed by atoms with Gasteiger partial charge in [0, 0.05) is 0 Å². The van der Waals surface area contributed by atoms with Crippen LogP contribution in [0, 0.1) is 0 Å². The molecule has 0 unspecified atom stereocenters. The van der Waals surface area contributed by atoms with E-state index in [1.807, 2.05) is 61.5 Å². The number of methoxy groups -OCH3 is 1. The number of benzene rings is 2. The first-order valence-electron chi connectivity index (χ1n) is 9.20. The van der Waals surface area contributed by atoms with Gasteiger partial charge in [-0.05, 0) is 30.7 Å². The Bertz CT molecular complexity index is 1130. The molecule has 0 saturated carbocycles. The van der Waals surface area contributed by atoms with Gasteiger partial charge in [-0.15, -0.1) is 5.10 Å². The molecular formula is C21H20N6O2. The minimum absolute atomic E-state index is 0.186. The summed E-state index contributed by atoms with van der Waals surface area (Å²) in [5.41, 5.74) is 2.96. The zero-order chi connectivity index (χ0) is 20.2. The van der Waals surface area contributed by atoms with Crippen LogP contribution in [0.3, 0.4) is 0 Å². The summed E-state index contributed by atoms with van der Waals surface area (Å²) in [6, 6.07) is 17.2. The molecule has 0 aliphatic carbocycles. The van der Waals surface area contributed by atoms with E-state index in [4.69, 9.17) is 4.74 Å². The van der Waals surface area contributed by atoms with Gasteiger partial charge >= 0.3 is 0 Å². The summed E-state index contributed by atoms with van der Waals surface area (Å²) in [5.74, 6) is 1.05. The van der Waals surface area contributed by atoms with Crippen LogP contribution >= 0.6 is 0 Å². The van der Waals surface area contributed by atoms with Crippen molar-refractivity contribution in [2.45, 2.75) is 13.3 Å². The van der Waals surface area contributed by atoms with E-state index < -0.39 is 0 Å². The van der Waals surface area contributed by atoms with Crippen molar-refractivity contribution in [3.8, 4) is 22.8 Å². The lowest BCUT2D eigenvalue weighted by Crippen LogP contribution is -2.15. The lowest BCUT2D eigenvalue weighted by atomic mass is 10.2. The summed E-state index contributed by atoms with van der Waals surface area (Å²) >= 11 is 0. The third-order valence-electron chi connectivity index (χ3n) is 4.52. The number of nitrogens with zero attached hydrogens (tertiary/aromatic N) is 4. The Morgan fingerprint density at radius 3 is 2.66 bits per heavy atom. The van der Waals surface area contributed by atoms with Crippen LogP contribution in [0.1, 0.15) is 23.0 Å². The Labute approximate surface area is 167 Å². The fourth-order valence-electron chi connectivity index (χ4n) is 3.14. The summed E-state index contributed by atoms with van der Waals surface area (Å²) in [7, 11) is 1.59. The second kappa shape index (κ2) is 7.97. The maximum atomic E-state index is 12.8.